The molecule has 0 fully saturated rings. The third-order valence-corrected chi connectivity index (χ3v) is 3.83. The van der Waals surface area contributed by atoms with Crippen LogP contribution >= 0.6 is 15.9 Å². The molecule has 0 bridgehead atoms. The summed E-state index contributed by atoms with van der Waals surface area (Å²) in [5.41, 5.74) is 1.10. The Bertz CT molecular complexity index is 631. The van der Waals surface area contributed by atoms with E-state index in [0.717, 1.165) is 5.56 Å². The molecule has 2 aromatic rings. The first-order valence-electron chi connectivity index (χ1n) is 6.39. The second-order valence-electron chi connectivity index (χ2n) is 4.55. The lowest BCUT2D eigenvalue weighted by molar-refractivity contribution is 0.173. The van der Waals surface area contributed by atoms with Crippen LogP contribution in [0, 0.1) is 5.82 Å². The minimum absolute atomic E-state index is 0.263. The zero-order valence-corrected chi connectivity index (χ0v) is 13.4. The standard InChI is InChI=1S/C16H16BrFO3/c1-20-14-7-6-10(9-15(14)21-2)8-13(19)11-4-3-5-12(17)16(11)18/h3-7,9,13,19H,8H2,1-2H3. The highest BCUT2D eigenvalue weighted by atomic mass is 79.9. The lowest BCUT2D eigenvalue weighted by Crippen LogP contribution is -2.05. The quantitative estimate of drug-likeness (QED) is 0.885. The van der Waals surface area contributed by atoms with Gasteiger partial charge in [0.25, 0.3) is 0 Å². The zero-order valence-electron chi connectivity index (χ0n) is 11.8. The van der Waals surface area contributed by atoms with E-state index in [-0.39, 0.29) is 12.0 Å². The maximum absolute atomic E-state index is 14.0. The van der Waals surface area contributed by atoms with Crippen LogP contribution in [-0.2, 0) is 6.42 Å². The monoisotopic (exact) mass is 354 g/mol. The van der Waals surface area contributed by atoms with Crippen molar-refractivity contribution in [1.29, 1.82) is 0 Å². The fourth-order valence-corrected chi connectivity index (χ4v) is 2.50. The lowest BCUT2D eigenvalue weighted by Gasteiger charge is -2.14. The number of ether oxygens (including phenoxy) is 2. The molecular weight excluding hydrogens is 339 g/mol. The van der Waals surface area contributed by atoms with Crippen LogP contribution in [-0.4, -0.2) is 19.3 Å². The van der Waals surface area contributed by atoms with Crippen molar-refractivity contribution in [3.8, 4) is 11.5 Å². The van der Waals surface area contributed by atoms with Gasteiger partial charge in [-0.3, -0.25) is 0 Å². The summed E-state index contributed by atoms with van der Waals surface area (Å²) >= 11 is 3.12. The van der Waals surface area contributed by atoms with Gasteiger partial charge in [0.2, 0.25) is 0 Å². The Balaban J connectivity index is 2.23. The van der Waals surface area contributed by atoms with Crippen LogP contribution in [0.3, 0.4) is 0 Å². The first-order valence-corrected chi connectivity index (χ1v) is 7.19. The van der Waals surface area contributed by atoms with E-state index in [4.69, 9.17) is 9.47 Å². The summed E-state index contributed by atoms with van der Waals surface area (Å²) in [6, 6.07) is 10.2. The van der Waals surface area contributed by atoms with Crippen molar-refractivity contribution in [2.24, 2.45) is 0 Å². The summed E-state index contributed by atoms with van der Waals surface area (Å²) in [6.45, 7) is 0. The minimum atomic E-state index is -0.930. The number of hydrogen-bond donors (Lipinski definition) is 1. The normalized spacial score (nSPS) is 12.0. The Hall–Kier alpha value is -1.59. The van der Waals surface area contributed by atoms with Gasteiger partial charge in [0.15, 0.2) is 11.5 Å². The topological polar surface area (TPSA) is 38.7 Å². The van der Waals surface area contributed by atoms with Crippen molar-refractivity contribution >= 4 is 15.9 Å². The average molecular weight is 355 g/mol. The predicted molar refractivity (Wildman–Crippen MR) is 82.3 cm³/mol. The maximum Gasteiger partial charge on any atom is 0.160 e. The van der Waals surface area contributed by atoms with Crippen LogP contribution in [0.15, 0.2) is 40.9 Å². The summed E-state index contributed by atoms with van der Waals surface area (Å²) in [5.74, 6) is 0.756. The van der Waals surface area contributed by atoms with E-state index < -0.39 is 11.9 Å². The van der Waals surface area contributed by atoms with E-state index in [2.05, 4.69) is 15.9 Å². The summed E-state index contributed by atoms with van der Waals surface area (Å²) in [6.07, 6.45) is -0.645. The second kappa shape index (κ2) is 6.91. The van der Waals surface area contributed by atoms with Gasteiger partial charge in [-0.15, -0.1) is 0 Å². The minimum Gasteiger partial charge on any atom is -0.493 e. The maximum atomic E-state index is 14.0. The van der Waals surface area contributed by atoms with Crippen molar-refractivity contribution < 1.29 is 19.0 Å². The van der Waals surface area contributed by atoms with Gasteiger partial charge >= 0.3 is 0 Å². The smallest absolute Gasteiger partial charge is 0.160 e. The summed E-state index contributed by atoms with van der Waals surface area (Å²) in [7, 11) is 3.11. The molecule has 1 atom stereocenters. The Morgan fingerprint density at radius 1 is 1.14 bits per heavy atom. The van der Waals surface area contributed by atoms with Gasteiger partial charge in [0.1, 0.15) is 5.82 Å². The molecule has 0 spiro atoms. The number of methoxy groups -OCH3 is 2. The van der Waals surface area contributed by atoms with Gasteiger partial charge in [0.05, 0.1) is 24.8 Å². The molecule has 0 amide bonds. The molecule has 5 heteroatoms. The molecule has 0 heterocycles. The van der Waals surface area contributed by atoms with E-state index in [0.29, 0.717) is 16.0 Å². The number of aliphatic hydroxyl groups excluding tert-OH is 1. The Morgan fingerprint density at radius 2 is 1.86 bits per heavy atom. The molecule has 0 radical (unpaired) electrons. The van der Waals surface area contributed by atoms with Gasteiger partial charge in [-0.1, -0.05) is 18.2 Å². The molecule has 112 valence electrons. The highest BCUT2D eigenvalue weighted by Crippen LogP contribution is 2.31. The summed E-state index contributed by atoms with van der Waals surface area (Å²) in [4.78, 5) is 0. The molecule has 0 aliphatic heterocycles. The molecule has 2 aromatic carbocycles. The number of hydrogen-bond acceptors (Lipinski definition) is 3. The highest BCUT2D eigenvalue weighted by molar-refractivity contribution is 9.10. The molecule has 0 saturated heterocycles. The number of benzene rings is 2. The van der Waals surface area contributed by atoms with Crippen LogP contribution in [0.4, 0.5) is 4.39 Å². The fourth-order valence-electron chi connectivity index (χ4n) is 2.12. The number of rotatable bonds is 5. The van der Waals surface area contributed by atoms with E-state index in [1.807, 2.05) is 6.07 Å². The second-order valence-corrected chi connectivity index (χ2v) is 5.41. The van der Waals surface area contributed by atoms with Gasteiger partial charge < -0.3 is 14.6 Å². The zero-order chi connectivity index (χ0) is 15.4. The average Bonchev–Trinajstić information content (AvgIpc) is 2.49. The van der Waals surface area contributed by atoms with Crippen LogP contribution < -0.4 is 9.47 Å². The molecule has 0 aromatic heterocycles. The van der Waals surface area contributed by atoms with Gasteiger partial charge in [0, 0.05) is 12.0 Å². The molecule has 3 nitrogen and oxygen atoms in total. The fraction of sp³-hybridized carbons (Fsp3) is 0.250. The Labute approximate surface area is 131 Å². The molecule has 1 unspecified atom stereocenters. The number of aliphatic hydroxyl groups is 1. The van der Waals surface area contributed by atoms with Crippen LogP contribution in [0.1, 0.15) is 17.2 Å². The first-order chi connectivity index (χ1) is 10.1. The lowest BCUT2D eigenvalue weighted by atomic mass is 10.0. The van der Waals surface area contributed by atoms with Crippen molar-refractivity contribution in [2.75, 3.05) is 14.2 Å². The van der Waals surface area contributed by atoms with Crippen LogP contribution in [0.2, 0.25) is 0 Å². The molecule has 0 aliphatic rings. The number of halogens is 2. The SMILES string of the molecule is COc1ccc(CC(O)c2cccc(Br)c2F)cc1OC. The van der Waals surface area contributed by atoms with Crippen LogP contribution in [0.25, 0.3) is 0 Å². The first kappa shape index (κ1) is 15.8. The van der Waals surface area contributed by atoms with E-state index in [9.17, 15) is 9.50 Å². The Kier molecular flexibility index (Phi) is 5.20. The van der Waals surface area contributed by atoms with Crippen molar-refractivity contribution in [1.82, 2.24) is 0 Å². The predicted octanol–water partition coefficient (Wildman–Crippen LogP) is 3.88. The van der Waals surface area contributed by atoms with Gasteiger partial charge in [-0.2, -0.15) is 0 Å². The van der Waals surface area contributed by atoms with Crippen molar-refractivity contribution in [2.45, 2.75) is 12.5 Å². The third-order valence-electron chi connectivity index (χ3n) is 3.22. The van der Waals surface area contributed by atoms with Crippen molar-refractivity contribution in [3.63, 3.8) is 0 Å². The molecule has 2 rings (SSSR count). The third kappa shape index (κ3) is 3.54. The van der Waals surface area contributed by atoms with Crippen molar-refractivity contribution in [3.05, 3.63) is 57.8 Å². The van der Waals surface area contributed by atoms with Gasteiger partial charge in [-0.05, 0) is 39.7 Å². The van der Waals surface area contributed by atoms with E-state index >= 15 is 0 Å². The summed E-state index contributed by atoms with van der Waals surface area (Å²) < 4.78 is 24.7. The molecule has 0 aliphatic carbocycles. The van der Waals surface area contributed by atoms with Crippen LogP contribution in [0.5, 0.6) is 11.5 Å². The summed E-state index contributed by atoms with van der Waals surface area (Å²) in [5, 5.41) is 10.2. The Morgan fingerprint density at radius 3 is 2.52 bits per heavy atom. The molecule has 1 N–H and O–H groups in total. The molecule has 21 heavy (non-hydrogen) atoms. The molecule has 0 saturated carbocycles. The molecular formula is C16H16BrFO3. The van der Waals surface area contributed by atoms with Gasteiger partial charge in [-0.25, -0.2) is 4.39 Å². The van der Waals surface area contributed by atoms with E-state index in [1.165, 1.54) is 0 Å². The highest BCUT2D eigenvalue weighted by Gasteiger charge is 2.16. The largest absolute Gasteiger partial charge is 0.493 e. The van der Waals surface area contributed by atoms with E-state index in [1.54, 1.807) is 44.6 Å².